The van der Waals surface area contributed by atoms with Gasteiger partial charge in [0.2, 0.25) is 5.91 Å². The number of hydrogen-bond acceptors (Lipinski definition) is 8. The van der Waals surface area contributed by atoms with E-state index >= 15 is 0 Å². The molecule has 9 heteroatoms. The van der Waals surface area contributed by atoms with Crippen LogP contribution in [-0.4, -0.2) is 87.5 Å². The van der Waals surface area contributed by atoms with Crippen molar-refractivity contribution in [3.8, 4) is 0 Å². The number of carbonyl (C=O) groups is 1. The van der Waals surface area contributed by atoms with E-state index in [4.69, 9.17) is 9.47 Å². The first-order valence-corrected chi connectivity index (χ1v) is 21.1. The minimum atomic E-state index is -1.57. The average Bonchev–Trinajstić information content (AvgIpc) is 3.13. The van der Waals surface area contributed by atoms with Gasteiger partial charge in [-0.1, -0.05) is 179 Å². The van der Waals surface area contributed by atoms with Crippen LogP contribution >= 0.6 is 0 Å². The third-order valence-electron chi connectivity index (χ3n) is 10.1. The highest BCUT2D eigenvalue weighted by Crippen LogP contribution is 2.22. The number of aliphatic hydroxyl groups excluding tert-OH is 5. The third-order valence-corrected chi connectivity index (χ3v) is 10.1. The summed E-state index contributed by atoms with van der Waals surface area (Å²) in [5.41, 5.74) is 0. The summed E-state index contributed by atoms with van der Waals surface area (Å²) >= 11 is 0. The zero-order chi connectivity index (χ0) is 37.4. The summed E-state index contributed by atoms with van der Waals surface area (Å²) in [5.74, 6) is -0.194. The largest absolute Gasteiger partial charge is 0.394 e. The Kier molecular flexibility index (Phi) is 31.1. The van der Waals surface area contributed by atoms with Gasteiger partial charge in [0, 0.05) is 6.42 Å². The Labute approximate surface area is 311 Å². The fraction of sp³-hybridized carbons (Fsp3) is 0.881. The van der Waals surface area contributed by atoms with Gasteiger partial charge >= 0.3 is 0 Å². The van der Waals surface area contributed by atoms with E-state index < -0.39 is 49.5 Å². The molecule has 0 aliphatic carbocycles. The van der Waals surface area contributed by atoms with Gasteiger partial charge in [-0.15, -0.1) is 0 Å². The molecule has 0 saturated carbocycles. The molecule has 1 saturated heterocycles. The van der Waals surface area contributed by atoms with Crippen LogP contribution in [0.5, 0.6) is 0 Å². The summed E-state index contributed by atoms with van der Waals surface area (Å²) in [4.78, 5) is 12.9. The summed E-state index contributed by atoms with van der Waals surface area (Å²) in [5, 5.41) is 53.9. The normalized spacial score (nSPS) is 22.2. The molecule has 1 rings (SSSR count). The molecule has 7 atom stereocenters. The van der Waals surface area contributed by atoms with Crippen molar-refractivity contribution in [3.05, 3.63) is 24.3 Å². The monoisotopic (exact) mass is 726 g/mol. The fourth-order valence-electron chi connectivity index (χ4n) is 6.62. The topological polar surface area (TPSA) is 149 Å². The maximum atomic E-state index is 12.9. The summed E-state index contributed by atoms with van der Waals surface area (Å²) < 4.78 is 11.1. The van der Waals surface area contributed by atoms with Gasteiger partial charge in [0.25, 0.3) is 0 Å². The molecular formula is C42H79NO8. The third kappa shape index (κ3) is 24.6. The Morgan fingerprint density at radius 1 is 0.667 bits per heavy atom. The molecule has 0 aromatic carbocycles. The molecule has 0 spiro atoms. The van der Waals surface area contributed by atoms with Crippen molar-refractivity contribution < 1.29 is 39.8 Å². The molecule has 1 aliphatic rings. The summed E-state index contributed by atoms with van der Waals surface area (Å²) in [6, 6.07) is -0.830. The minimum Gasteiger partial charge on any atom is -0.394 e. The molecule has 0 aromatic rings. The van der Waals surface area contributed by atoms with Gasteiger partial charge < -0.3 is 40.3 Å². The van der Waals surface area contributed by atoms with E-state index in [0.29, 0.717) is 6.42 Å². The number of rotatable bonds is 34. The number of unbranched alkanes of at least 4 members (excludes halogenated alkanes) is 23. The highest BCUT2D eigenvalue weighted by molar-refractivity contribution is 5.76. The lowest BCUT2D eigenvalue weighted by Gasteiger charge is -2.40. The van der Waals surface area contributed by atoms with Crippen LogP contribution in [0.15, 0.2) is 24.3 Å². The van der Waals surface area contributed by atoms with Crippen molar-refractivity contribution >= 4 is 5.91 Å². The maximum absolute atomic E-state index is 12.9. The maximum Gasteiger partial charge on any atom is 0.220 e. The second-order valence-corrected chi connectivity index (χ2v) is 14.8. The first kappa shape index (κ1) is 47.7. The van der Waals surface area contributed by atoms with Gasteiger partial charge in [-0.3, -0.25) is 4.79 Å². The number of carbonyl (C=O) groups excluding carboxylic acids is 1. The predicted molar refractivity (Wildman–Crippen MR) is 207 cm³/mol. The van der Waals surface area contributed by atoms with Gasteiger partial charge in [0.15, 0.2) is 6.29 Å². The lowest BCUT2D eigenvalue weighted by molar-refractivity contribution is -0.302. The van der Waals surface area contributed by atoms with E-state index in [1.165, 1.54) is 128 Å². The number of allylic oxidation sites excluding steroid dienone is 3. The summed E-state index contributed by atoms with van der Waals surface area (Å²) in [6.07, 6.45) is 30.9. The van der Waals surface area contributed by atoms with E-state index in [1.54, 1.807) is 12.2 Å². The van der Waals surface area contributed by atoms with Crippen LogP contribution in [0.2, 0.25) is 0 Å². The minimum absolute atomic E-state index is 0.194. The molecular weight excluding hydrogens is 646 g/mol. The SMILES string of the molecule is CCCCCCCCC/C=C/C=C/[C@@H](O)[C@H](CO[C@H]1O[C@@H](CO)[C@H](O)C(O)C1O)NC(=O)CCCCCCCCCCCCCCCCCCC. The second kappa shape index (κ2) is 33.3. The second-order valence-electron chi connectivity index (χ2n) is 14.8. The standard InChI is InChI=1S/C42H79NO8/c1-3-5-7-9-11-13-15-16-17-18-19-20-22-24-26-28-30-32-38(46)43-35(34-50-42-41(49)40(48)39(47)37(33-44)51-42)36(45)31-29-27-25-23-21-14-12-10-8-6-4-2/h25,27,29,31,35-37,39-42,44-45,47-49H,3-24,26,28,30,32-34H2,1-2H3,(H,43,46)/b27-25+,31-29+/t35-,36+,37-,39-,40?,41?,42-/m0/s1. The Morgan fingerprint density at radius 2 is 1.14 bits per heavy atom. The Bertz CT molecular complexity index is 853. The van der Waals surface area contributed by atoms with Crippen LogP contribution in [0.4, 0.5) is 0 Å². The van der Waals surface area contributed by atoms with Crippen molar-refractivity contribution in [1.82, 2.24) is 5.32 Å². The van der Waals surface area contributed by atoms with Crippen LogP contribution in [0.25, 0.3) is 0 Å². The molecule has 300 valence electrons. The van der Waals surface area contributed by atoms with Gasteiger partial charge in [-0.2, -0.15) is 0 Å². The molecule has 6 N–H and O–H groups in total. The fourth-order valence-corrected chi connectivity index (χ4v) is 6.62. The van der Waals surface area contributed by atoms with Gasteiger partial charge in [0.05, 0.1) is 25.4 Å². The number of nitrogens with one attached hydrogen (secondary N) is 1. The van der Waals surface area contributed by atoms with Gasteiger partial charge in [-0.05, 0) is 19.3 Å². The van der Waals surface area contributed by atoms with E-state index in [0.717, 1.165) is 32.1 Å². The molecule has 2 unspecified atom stereocenters. The van der Waals surface area contributed by atoms with E-state index in [1.807, 2.05) is 6.08 Å². The van der Waals surface area contributed by atoms with Crippen molar-refractivity contribution in [2.75, 3.05) is 13.2 Å². The molecule has 1 amide bonds. The highest BCUT2D eigenvalue weighted by atomic mass is 16.7. The summed E-state index contributed by atoms with van der Waals surface area (Å²) in [7, 11) is 0. The molecule has 51 heavy (non-hydrogen) atoms. The predicted octanol–water partition coefficient (Wildman–Crippen LogP) is 7.94. The lowest BCUT2D eigenvalue weighted by atomic mass is 9.99. The molecule has 0 aromatic heterocycles. The van der Waals surface area contributed by atoms with Crippen molar-refractivity contribution in [2.24, 2.45) is 0 Å². The van der Waals surface area contributed by atoms with Crippen LogP contribution < -0.4 is 5.32 Å². The van der Waals surface area contributed by atoms with Crippen molar-refractivity contribution in [3.63, 3.8) is 0 Å². The summed E-state index contributed by atoms with van der Waals surface area (Å²) in [6.45, 7) is 3.71. The molecule has 0 bridgehead atoms. The Balaban J connectivity index is 2.39. The van der Waals surface area contributed by atoms with E-state index in [9.17, 15) is 30.3 Å². The molecule has 9 nitrogen and oxygen atoms in total. The number of hydrogen-bond donors (Lipinski definition) is 6. The Morgan fingerprint density at radius 3 is 1.63 bits per heavy atom. The highest BCUT2D eigenvalue weighted by Gasteiger charge is 2.44. The average molecular weight is 726 g/mol. The molecule has 1 aliphatic heterocycles. The van der Waals surface area contributed by atoms with Crippen molar-refractivity contribution in [2.45, 2.75) is 224 Å². The molecule has 0 radical (unpaired) electrons. The van der Waals surface area contributed by atoms with Crippen molar-refractivity contribution in [1.29, 1.82) is 0 Å². The van der Waals surface area contributed by atoms with Crippen LogP contribution in [0.1, 0.15) is 181 Å². The van der Waals surface area contributed by atoms with Crippen LogP contribution in [0.3, 0.4) is 0 Å². The zero-order valence-electron chi connectivity index (χ0n) is 32.6. The first-order valence-electron chi connectivity index (χ1n) is 21.1. The van der Waals surface area contributed by atoms with Crippen LogP contribution in [0, 0.1) is 0 Å². The quantitative estimate of drug-likeness (QED) is 0.0289. The smallest absolute Gasteiger partial charge is 0.220 e. The van der Waals surface area contributed by atoms with Gasteiger partial charge in [0.1, 0.15) is 24.4 Å². The number of aliphatic hydroxyl groups is 5. The molecule has 1 fully saturated rings. The lowest BCUT2D eigenvalue weighted by Crippen LogP contribution is -2.60. The van der Waals surface area contributed by atoms with Crippen LogP contribution in [-0.2, 0) is 14.3 Å². The Hall–Kier alpha value is -1.33. The van der Waals surface area contributed by atoms with Gasteiger partial charge in [-0.25, -0.2) is 0 Å². The zero-order valence-corrected chi connectivity index (χ0v) is 32.6. The number of amides is 1. The van der Waals surface area contributed by atoms with E-state index in [2.05, 4.69) is 25.2 Å². The van der Waals surface area contributed by atoms with E-state index in [-0.39, 0.29) is 12.5 Å². The first-order chi connectivity index (χ1) is 24.8. The number of ether oxygens (including phenoxy) is 2. The molecule has 1 heterocycles.